The summed E-state index contributed by atoms with van der Waals surface area (Å²) in [6, 6.07) is 0. The van der Waals surface area contributed by atoms with Crippen molar-refractivity contribution in [2.45, 2.75) is 65.8 Å². The lowest BCUT2D eigenvalue weighted by atomic mass is 9.88. The molecule has 0 bridgehead atoms. The fraction of sp³-hybridized carbons (Fsp3) is 0.917. The maximum Gasteiger partial charge on any atom is 0.303 e. The molecule has 0 heterocycles. The topological polar surface area (TPSA) is 63.3 Å². The molecule has 0 aromatic carbocycles. The van der Waals surface area contributed by atoms with Gasteiger partial charge in [-0.2, -0.15) is 0 Å². The van der Waals surface area contributed by atoms with Crippen LogP contribution in [0.4, 0.5) is 0 Å². The van der Waals surface area contributed by atoms with Gasteiger partial charge in [-0.15, -0.1) is 0 Å². The van der Waals surface area contributed by atoms with Crippen LogP contribution in [-0.4, -0.2) is 16.6 Å². The Morgan fingerprint density at radius 1 is 1.40 bits per heavy atom. The average Bonchev–Trinajstić information content (AvgIpc) is 2.12. The van der Waals surface area contributed by atoms with Crippen LogP contribution in [0.1, 0.15) is 60.3 Å². The van der Waals surface area contributed by atoms with Crippen molar-refractivity contribution in [3.05, 3.63) is 0 Å². The Hall–Kier alpha value is -0.570. The molecule has 1 unspecified atom stereocenters. The Labute approximate surface area is 94.1 Å². The Morgan fingerprint density at radius 2 is 1.87 bits per heavy atom. The number of carboxylic acids is 1. The smallest absolute Gasteiger partial charge is 0.303 e. The first-order valence-corrected chi connectivity index (χ1v) is 5.76. The lowest BCUT2D eigenvalue weighted by molar-refractivity contribution is -0.137. The van der Waals surface area contributed by atoms with E-state index in [1.807, 2.05) is 6.92 Å². The van der Waals surface area contributed by atoms with E-state index in [-0.39, 0.29) is 5.54 Å². The normalized spacial score (nSPS) is 12.7. The molecular weight excluding hydrogens is 190 g/mol. The monoisotopic (exact) mass is 217 g/mol. The van der Waals surface area contributed by atoms with Gasteiger partial charge in [-0.3, -0.25) is 4.79 Å². The number of hydrogen-bond donors (Lipinski definition) is 2. The van der Waals surface area contributed by atoms with Crippen molar-refractivity contribution in [3.63, 3.8) is 0 Å². The molecule has 0 saturated heterocycles. The summed E-state index contributed by atoms with van der Waals surface area (Å²) in [4.78, 5) is 9.76. The summed E-state index contributed by atoms with van der Waals surface area (Å²) in [6.07, 6.45) is 3.25. The first-order valence-electron chi connectivity index (χ1n) is 5.76. The van der Waals surface area contributed by atoms with Crippen molar-refractivity contribution < 1.29 is 9.90 Å². The first kappa shape index (κ1) is 16.8. The number of carbonyl (C=O) groups is 1. The highest BCUT2D eigenvalue weighted by Gasteiger charge is 2.17. The van der Waals surface area contributed by atoms with Crippen molar-refractivity contribution in [2.24, 2.45) is 11.7 Å². The van der Waals surface area contributed by atoms with E-state index in [2.05, 4.69) is 27.7 Å². The quantitative estimate of drug-likeness (QED) is 0.744. The molecule has 3 heteroatoms. The average molecular weight is 217 g/mol. The van der Waals surface area contributed by atoms with Gasteiger partial charge in [-0.05, 0) is 26.2 Å². The van der Waals surface area contributed by atoms with Crippen LogP contribution in [0.3, 0.4) is 0 Å². The number of hydrogen-bond acceptors (Lipinski definition) is 2. The third kappa shape index (κ3) is 13.4. The summed E-state index contributed by atoms with van der Waals surface area (Å²) < 4.78 is 0. The van der Waals surface area contributed by atoms with Gasteiger partial charge in [0.25, 0.3) is 0 Å². The van der Waals surface area contributed by atoms with Crippen LogP contribution in [0, 0.1) is 5.92 Å². The fourth-order valence-corrected chi connectivity index (χ4v) is 0.854. The minimum absolute atomic E-state index is 0.00868. The Morgan fingerprint density at radius 3 is 1.93 bits per heavy atom. The van der Waals surface area contributed by atoms with Crippen molar-refractivity contribution in [1.29, 1.82) is 0 Å². The van der Waals surface area contributed by atoms with Crippen LogP contribution in [0.25, 0.3) is 0 Å². The minimum Gasteiger partial charge on any atom is -0.481 e. The second-order valence-corrected chi connectivity index (χ2v) is 4.63. The molecule has 1 atom stereocenters. The second-order valence-electron chi connectivity index (χ2n) is 4.63. The van der Waals surface area contributed by atoms with E-state index in [9.17, 15) is 4.79 Å². The molecule has 92 valence electrons. The van der Waals surface area contributed by atoms with Gasteiger partial charge in [0, 0.05) is 12.0 Å². The van der Waals surface area contributed by atoms with E-state index in [1.54, 1.807) is 0 Å². The van der Waals surface area contributed by atoms with Gasteiger partial charge < -0.3 is 10.8 Å². The molecule has 0 aromatic rings. The molecule has 15 heavy (non-hydrogen) atoms. The summed E-state index contributed by atoms with van der Waals surface area (Å²) in [6.45, 7) is 10.5. The van der Waals surface area contributed by atoms with Crippen LogP contribution in [0.5, 0.6) is 0 Å². The highest BCUT2D eigenvalue weighted by atomic mass is 16.4. The predicted molar refractivity (Wildman–Crippen MR) is 64.9 cm³/mol. The molecule has 0 fully saturated rings. The minimum atomic E-state index is -0.693. The highest BCUT2D eigenvalue weighted by molar-refractivity contribution is 5.66. The molecule has 3 N–H and O–H groups in total. The summed E-state index contributed by atoms with van der Waals surface area (Å²) >= 11 is 0. The maximum absolute atomic E-state index is 9.76. The summed E-state index contributed by atoms with van der Waals surface area (Å²) in [5.74, 6) is -0.0654. The zero-order valence-electron chi connectivity index (χ0n) is 10.8. The molecule has 0 amide bonds. The van der Waals surface area contributed by atoms with Crippen LogP contribution in [0.15, 0.2) is 0 Å². The number of nitrogens with two attached hydrogens (primary N) is 1. The molecule has 0 aromatic heterocycles. The maximum atomic E-state index is 9.76. The summed E-state index contributed by atoms with van der Waals surface area (Å²) in [7, 11) is 0. The lowest BCUT2D eigenvalue weighted by Crippen LogP contribution is -2.38. The third-order valence-electron chi connectivity index (χ3n) is 2.63. The van der Waals surface area contributed by atoms with Gasteiger partial charge in [0.2, 0.25) is 0 Å². The Kier molecular flexibility index (Phi) is 9.79. The molecule has 3 nitrogen and oxygen atoms in total. The van der Waals surface area contributed by atoms with Gasteiger partial charge >= 0.3 is 5.97 Å². The van der Waals surface area contributed by atoms with Crippen molar-refractivity contribution in [1.82, 2.24) is 0 Å². The zero-order chi connectivity index (χ0) is 12.5. The van der Waals surface area contributed by atoms with Gasteiger partial charge in [0.15, 0.2) is 0 Å². The standard InChI is InChI=1S/C7H17N.C5H10O2/c1-5-6(2)7(3,4)8;1-2-3-4-5(6)7/h6H,5,8H2,1-4H3;2-4H2,1H3,(H,6,7). The van der Waals surface area contributed by atoms with E-state index in [4.69, 9.17) is 10.8 Å². The largest absolute Gasteiger partial charge is 0.481 e. The Bertz CT molecular complexity index is 161. The number of aliphatic carboxylic acids is 1. The molecule has 0 radical (unpaired) electrons. The van der Waals surface area contributed by atoms with Crippen LogP contribution in [-0.2, 0) is 4.79 Å². The van der Waals surface area contributed by atoms with Gasteiger partial charge in [-0.1, -0.05) is 33.6 Å². The molecule has 0 rings (SSSR count). The number of carboxylic acid groups (broad SMARTS) is 1. The van der Waals surface area contributed by atoms with Crippen LogP contribution in [0.2, 0.25) is 0 Å². The van der Waals surface area contributed by atoms with E-state index in [0.29, 0.717) is 12.3 Å². The predicted octanol–water partition coefficient (Wildman–Crippen LogP) is 3.03. The van der Waals surface area contributed by atoms with Crippen LogP contribution >= 0.6 is 0 Å². The first-order chi connectivity index (χ1) is 6.75. The van der Waals surface area contributed by atoms with E-state index >= 15 is 0 Å². The number of unbranched alkanes of at least 4 members (excludes halogenated alkanes) is 1. The van der Waals surface area contributed by atoms with Crippen LogP contribution < -0.4 is 5.73 Å². The van der Waals surface area contributed by atoms with Gasteiger partial charge in [0.05, 0.1) is 0 Å². The lowest BCUT2D eigenvalue weighted by Gasteiger charge is -2.25. The van der Waals surface area contributed by atoms with Crippen molar-refractivity contribution in [2.75, 3.05) is 0 Å². The molecule has 0 saturated carbocycles. The molecule has 0 aliphatic rings. The van der Waals surface area contributed by atoms with Crippen molar-refractivity contribution in [3.8, 4) is 0 Å². The Balaban J connectivity index is 0. The second kappa shape index (κ2) is 8.72. The van der Waals surface area contributed by atoms with Gasteiger partial charge in [-0.25, -0.2) is 0 Å². The zero-order valence-corrected chi connectivity index (χ0v) is 10.8. The van der Waals surface area contributed by atoms with E-state index in [1.165, 1.54) is 6.42 Å². The van der Waals surface area contributed by atoms with Gasteiger partial charge in [0.1, 0.15) is 0 Å². The molecule has 0 aliphatic heterocycles. The summed E-state index contributed by atoms with van der Waals surface area (Å²) in [5, 5.41) is 8.04. The van der Waals surface area contributed by atoms with E-state index in [0.717, 1.165) is 12.8 Å². The SMILES string of the molecule is CCC(C)C(C)(C)N.CCCCC(=O)O. The fourth-order valence-electron chi connectivity index (χ4n) is 0.854. The number of rotatable bonds is 5. The molecule has 0 spiro atoms. The molecule has 0 aliphatic carbocycles. The van der Waals surface area contributed by atoms with E-state index < -0.39 is 5.97 Å². The van der Waals surface area contributed by atoms with Crippen molar-refractivity contribution >= 4 is 5.97 Å². The summed E-state index contributed by atoms with van der Waals surface area (Å²) in [5.41, 5.74) is 5.80. The third-order valence-corrected chi connectivity index (χ3v) is 2.63. The molecular formula is C12H27NO2. The highest BCUT2D eigenvalue weighted by Crippen LogP contribution is 2.15.